The van der Waals surface area contributed by atoms with Gasteiger partial charge in [0.15, 0.2) is 0 Å². The van der Waals surface area contributed by atoms with E-state index < -0.39 is 0 Å². The molecule has 6 nitrogen and oxygen atoms in total. The third-order valence-electron chi connectivity index (χ3n) is 3.75. The summed E-state index contributed by atoms with van der Waals surface area (Å²) in [5, 5.41) is 6.98. The van der Waals surface area contributed by atoms with Crippen LogP contribution in [0.1, 0.15) is 39.9 Å². The maximum atomic E-state index is 12.7. The molecule has 0 radical (unpaired) electrons. The maximum absolute atomic E-state index is 12.7. The predicted octanol–water partition coefficient (Wildman–Crippen LogP) is 1.36. The van der Waals surface area contributed by atoms with Crippen LogP contribution in [0.5, 0.6) is 0 Å². The van der Waals surface area contributed by atoms with Crippen LogP contribution < -0.4 is 5.73 Å². The fourth-order valence-corrected chi connectivity index (χ4v) is 3.55. The summed E-state index contributed by atoms with van der Waals surface area (Å²) in [6.07, 6.45) is 6.56. The first-order chi connectivity index (χ1) is 10.2. The van der Waals surface area contributed by atoms with Crippen molar-refractivity contribution in [2.75, 3.05) is 13.1 Å². The molecule has 1 atom stereocenters. The lowest BCUT2D eigenvalue weighted by Gasteiger charge is -2.22. The van der Waals surface area contributed by atoms with Gasteiger partial charge in [-0.2, -0.15) is 5.10 Å². The van der Waals surface area contributed by atoms with Crippen molar-refractivity contribution < 1.29 is 4.79 Å². The van der Waals surface area contributed by atoms with E-state index >= 15 is 0 Å². The average molecular weight is 305 g/mol. The van der Waals surface area contributed by atoms with Gasteiger partial charge in [-0.15, -0.1) is 11.3 Å². The van der Waals surface area contributed by atoms with Gasteiger partial charge in [0.25, 0.3) is 5.91 Å². The minimum atomic E-state index is 0.0147. The molecule has 3 rings (SSSR count). The lowest BCUT2D eigenvalue weighted by molar-refractivity contribution is 0.0730. The first-order valence-electron chi connectivity index (χ1n) is 7.13. The first kappa shape index (κ1) is 14.2. The van der Waals surface area contributed by atoms with Crippen molar-refractivity contribution in [3.05, 3.63) is 34.0 Å². The minimum Gasteiger partial charge on any atom is -0.330 e. The molecule has 2 aromatic rings. The Hall–Kier alpha value is -1.73. The monoisotopic (exact) mass is 305 g/mol. The number of carbonyl (C=O) groups is 1. The smallest absolute Gasteiger partial charge is 0.273 e. The Morgan fingerprint density at radius 3 is 3.14 bits per heavy atom. The van der Waals surface area contributed by atoms with Crippen LogP contribution in [-0.2, 0) is 13.5 Å². The third kappa shape index (κ3) is 2.84. The van der Waals surface area contributed by atoms with E-state index in [0.29, 0.717) is 12.2 Å². The van der Waals surface area contributed by atoms with Crippen molar-refractivity contribution in [1.29, 1.82) is 0 Å². The summed E-state index contributed by atoms with van der Waals surface area (Å²) in [6.45, 7) is 1.34. The molecule has 0 spiro atoms. The second-order valence-electron chi connectivity index (χ2n) is 5.27. The van der Waals surface area contributed by atoms with E-state index in [1.165, 1.54) is 11.3 Å². The van der Waals surface area contributed by atoms with E-state index in [1.807, 2.05) is 29.7 Å². The van der Waals surface area contributed by atoms with Crippen molar-refractivity contribution in [3.63, 3.8) is 0 Å². The second-order valence-corrected chi connectivity index (χ2v) is 6.21. The van der Waals surface area contributed by atoms with Gasteiger partial charge >= 0.3 is 0 Å². The first-order valence-corrected chi connectivity index (χ1v) is 8.01. The summed E-state index contributed by atoms with van der Waals surface area (Å²) in [5.41, 5.74) is 7.17. The molecule has 112 valence electrons. The number of carbonyl (C=O) groups excluding carboxylic acids is 1. The minimum absolute atomic E-state index is 0.0147. The van der Waals surface area contributed by atoms with Crippen LogP contribution in [0.3, 0.4) is 0 Å². The molecule has 1 aliphatic rings. The van der Waals surface area contributed by atoms with Crippen LogP contribution in [-0.4, -0.2) is 38.7 Å². The van der Waals surface area contributed by atoms with Gasteiger partial charge in [-0.25, -0.2) is 4.98 Å². The van der Waals surface area contributed by atoms with E-state index in [1.54, 1.807) is 4.68 Å². The number of amides is 1. The number of nitrogens with zero attached hydrogens (tertiary/aromatic N) is 4. The van der Waals surface area contributed by atoms with Gasteiger partial charge in [0, 0.05) is 37.2 Å². The van der Waals surface area contributed by atoms with Gasteiger partial charge < -0.3 is 10.6 Å². The summed E-state index contributed by atoms with van der Waals surface area (Å²) in [4.78, 5) is 19.0. The molecule has 3 heterocycles. The average Bonchev–Trinajstić information content (AvgIpc) is 3.17. The highest BCUT2D eigenvalue weighted by atomic mass is 32.1. The molecule has 0 saturated carbocycles. The number of hydrogen-bond donors (Lipinski definition) is 1. The highest BCUT2D eigenvalue weighted by Crippen LogP contribution is 2.32. The van der Waals surface area contributed by atoms with Gasteiger partial charge in [0.05, 0.1) is 17.2 Å². The van der Waals surface area contributed by atoms with Crippen molar-refractivity contribution in [2.45, 2.75) is 25.3 Å². The number of aromatic nitrogens is 3. The molecule has 1 amide bonds. The van der Waals surface area contributed by atoms with Gasteiger partial charge in [-0.1, -0.05) is 0 Å². The zero-order valence-corrected chi connectivity index (χ0v) is 12.8. The van der Waals surface area contributed by atoms with Gasteiger partial charge in [0.2, 0.25) is 0 Å². The summed E-state index contributed by atoms with van der Waals surface area (Å²) in [5.74, 6) is 0.0147. The third-order valence-corrected chi connectivity index (χ3v) is 4.66. The van der Waals surface area contributed by atoms with Crippen LogP contribution >= 0.6 is 11.3 Å². The molecule has 1 saturated heterocycles. The van der Waals surface area contributed by atoms with Crippen molar-refractivity contribution in [2.24, 2.45) is 12.8 Å². The molecule has 1 unspecified atom stereocenters. The maximum Gasteiger partial charge on any atom is 0.273 e. The number of hydrogen-bond acceptors (Lipinski definition) is 5. The number of nitrogens with two attached hydrogens (primary N) is 1. The lowest BCUT2D eigenvalue weighted by Crippen LogP contribution is -2.30. The van der Waals surface area contributed by atoms with Crippen LogP contribution in [0, 0.1) is 0 Å². The topological polar surface area (TPSA) is 77.0 Å². The Labute approximate surface area is 127 Å². The largest absolute Gasteiger partial charge is 0.330 e. The predicted molar refractivity (Wildman–Crippen MR) is 81.1 cm³/mol. The molecular formula is C14H19N5OS. The Morgan fingerprint density at radius 2 is 2.43 bits per heavy atom. The fourth-order valence-electron chi connectivity index (χ4n) is 2.76. The summed E-state index contributed by atoms with van der Waals surface area (Å²) < 4.78 is 1.78. The lowest BCUT2D eigenvalue weighted by atomic mass is 10.1. The molecule has 2 aromatic heterocycles. The SMILES string of the molecule is Cn1cc(C2CCCN2C(=O)c2csc(CCN)n2)cn1. The molecule has 21 heavy (non-hydrogen) atoms. The van der Waals surface area contributed by atoms with Gasteiger partial charge in [-0.05, 0) is 19.4 Å². The van der Waals surface area contributed by atoms with E-state index in [-0.39, 0.29) is 11.9 Å². The van der Waals surface area contributed by atoms with E-state index in [4.69, 9.17) is 5.73 Å². The number of aryl methyl sites for hydroxylation is 1. The summed E-state index contributed by atoms with van der Waals surface area (Å²) in [6, 6.07) is 0.117. The van der Waals surface area contributed by atoms with Crippen molar-refractivity contribution in [3.8, 4) is 0 Å². The zero-order valence-electron chi connectivity index (χ0n) is 12.0. The van der Waals surface area contributed by atoms with Gasteiger partial charge in [0.1, 0.15) is 5.69 Å². The fraction of sp³-hybridized carbons (Fsp3) is 0.500. The molecule has 0 aromatic carbocycles. The van der Waals surface area contributed by atoms with Crippen LogP contribution in [0.2, 0.25) is 0 Å². The van der Waals surface area contributed by atoms with E-state index in [0.717, 1.165) is 36.4 Å². The highest BCUT2D eigenvalue weighted by Gasteiger charge is 2.32. The van der Waals surface area contributed by atoms with Crippen molar-refractivity contribution in [1.82, 2.24) is 19.7 Å². The Bertz CT molecular complexity index is 635. The Kier molecular flexibility index (Phi) is 4.03. The Balaban J connectivity index is 1.79. The quantitative estimate of drug-likeness (QED) is 0.925. The molecule has 2 N–H and O–H groups in total. The number of likely N-dealkylation sites (tertiary alicyclic amines) is 1. The zero-order chi connectivity index (χ0) is 14.8. The van der Waals surface area contributed by atoms with Crippen molar-refractivity contribution >= 4 is 17.2 Å². The molecule has 7 heteroatoms. The Morgan fingerprint density at radius 1 is 1.57 bits per heavy atom. The van der Waals surface area contributed by atoms with E-state index in [9.17, 15) is 4.79 Å². The highest BCUT2D eigenvalue weighted by molar-refractivity contribution is 7.09. The van der Waals surface area contributed by atoms with Crippen LogP contribution in [0.25, 0.3) is 0 Å². The standard InChI is InChI=1S/C14H19N5OS/c1-18-8-10(7-16-18)12-3-2-6-19(12)14(20)11-9-21-13(17-11)4-5-15/h7-9,12H,2-6,15H2,1H3. The van der Waals surface area contributed by atoms with Crippen LogP contribution in [0.4, 0.5) is 0 Å². The van der Waals surface area contributed by atoms with E-state index in [2.05, 4.69) is 10.1 Å². The number of thiazole rings is 1. The number of rotatable bonds is 4. The second kappa shape index (κ2) is 5.95. The van der Waals surface area contributed by atoms with Crippen LogP contribution in [0.15, 0.2) is 17.8 Å². The normalized spacial score (nSPS) is 18.4. The summed E-state index contributed by atoms with van der Waals surface area (Å²) >= 11 is 1.51. The summed E-state index contributed by atoms with van der Waals surface area (Å²) in [7, 11) is 1.89. The molecule has 1 aliphatic heterocycles. The molecule has 0 bridgehead atoms. The molecule has 1 fully saturated rings. The molecular weight excluding hydrogens is 286 g/mol. The molecule has 0 aliphatic carbocycles. The van der Waals surface area contributed by atoms with Gasteiger partial charge in [-0.3, -0.25) is 9.48 Å².